The molecule has 0 aliphatic carbocycles. The summed E-state index contributed by atoms with van der Waals surface area (Å²) in [6.45, 7) is 7.60. The monoisotopic (exact) mass is 460 g/mol. The number of benzene rings is 2. The summed E-state index contributed by atoms with van der Waals surface area (Å²) >= 11 is 3.43. The van der Waals surface area contributed by atoms with Crippen LogP contribution in [0.4, 0.5) is 5.69 Å². The van der Waals surface area contributed by atoms with Gasteiger partial charge in [-0.1, -0.05) is 32.9 Å². The van der Waals surface area contributed by atoms with Gasteiger partial charge in [-0.05, 0) is 39.0 Å². The number of hydrogen-bond acceptors (Lipinski definition) is 4. The van der Waals surface area contributed by atoms with Crippen molar-refractivity contribution in [2.75, 3.05) is 25.1 Å². The molecular formula is C22H25BrN2O4. The van der Waals surface area contributed by atoms with Gasteiger partial charge in [0.2, 0.25) is 5.91 Å². The predicted molar refractivity (Wildman–Crippen MR) is 116 cm³/mol. The third-order valence-electron chi connectivity index (χ3n) is 4.56. The third kappa shape index (κ3) is 5.50. The molecule has 1 aliphatic rings. The first-order valence-electron chi connectivity index (χ1n) is 9.52. The molecular weight excluding hydrogens is 436 g/mol. The fraction of sp³-hybridized carbons (Fsp3) is 0.364. The van der Waals surface area contributed by atoms with E-state index in [-0.39, 0.29) is 30.2 Å². The lowest BCUT2D eigenvalue weighted by Gasteiger charge is -2.20. The molecule has 0 fully saturated rings. The number of fused-ring (bicyclic) bond motifs is 1. The van der Waals surface area contributed by atoms with Crippen molar-refractivity contribution < 1.29 is 19.1 Å². The normalized spacial score (nSPS) is 13.0. The van der Waals surface area contributed by atoms with Crippen LogP contribution in [0.1, 0.15) is 43.1 Å². The summed E-state index contributed by atoms with van der Waals surface area (Å²) in [5.74, 6) is 0.845. The fourth-order valence-corrected chi connectivity index (χ4v) is 3.31. The minimum Gasteiger partial charge on any atom is -0.486 e. The molecule has 0 aromatic heterocycles. The van der Waals surface area contributed by atoms with Crippen LogP contribution in [0.5, 0.6) is 11.5 Å². The molecule has 0 spiro atoms. The van der Waals surface area contributed by atoms with Gasteiger partial charge in [0.25, 0.3) is 5.91 Å². The number of rotatable bonds is 5. The molecule has 2 N–H and O–H groups in total. The molecule has 7 heteroatoms. The highest BCUT2D eigenvalue weighted by Crippen LogP contribution is 2.38. The molecule has 0 saturated carbocycles. The number of ether oxygens (including phenoxy) is 2. The molecule has 3 rings (SSSR count). The van der Waals surface area contributed by atoms with Gasteiger partial charge < -0.3 is 20.1 Å². The highest BCUT2D eigenvalue weighted by molar-refractivity contribution is 9.10. The van der Waals surface area contributed by atoms with Crippen LogP contribution in [0.2, 0.25) is 0 Å². The zero-order chi connectivity index (χ0) is 21.0. The van der Waals surface area contributed by atoms with E-state index in [9.17, 15) is 9.59 Å². The molecule has 29 heavy (non-hydrogen) atoms. The number of carbonyl (C=O) groups is 2. The van der Waals surface area contributed by atoms with Crippen molar-refractivity contribution in [3.05, 3.63) is 52.0 Å². The van der Waals surface area contributed by atoms with Crippen molar-refractivity contribution in [3.63, 3.8) is 0 Å². The van der Waals surface area contributed by atoms with E-state index < -0.39 is 0 Å². The summed E-state index contributed by atoms with van der Waals surface area (Å²) in [6, 6.07) is 11.0. The Morgan fingerprint density at radius 2 is 1.66 bits per heavy atom. The molecule has 0 radical (unpaired) electrons. The average Bonchev–Trinajstić information content (AvgIpc) is 2.68. The lowest BCUT2D eigenvalue weighted by atomic mass is 9.87. The summed E-state index contributed by atoms with van der Waals surface area (Å²) in [7, 11) is 0. The van der Waals surface area contributed by atoms with E-state index in [0.717, 1.165) is 0 Å². The third-order valence-corrected chi connectivity index (χ3v) is 5.21. The van der Waals surface area contributed by atoms with Crippen LogP contribution in [-0.2, 0) is 10.2 Å². The zero-order valence-corrected chi connectivity index (χ0v) is 18.4. The molecule has 6 nitrogen and oxygen atoms in total. The molecule has 2 aromatic rings. The number of anilines is 1. The second-order valence-corrected chi connectivity index (χ2v) is 8.71. The van der Waals surface area contributed by atoms with E-state index >= 15 is 0 Å². The largest absolute Gasteiger partial charge is 0.486 e. The van der Waals surface area contributed by atoms with Crippen molar-refractivity contribution >= 4 is 33.4 Å². The van der Waals surface area contributed by atoms with Crippen LogP contribution in [0, 0.1) is 0 Å². The molecule has 2 amide bonds. The fourth-order valence-electron chi connectivity index (χ4n) is 2.89. The predicted octanol–water partition coefficient (Wildman–Crippen LogP) is 4.28. The molecule has 0 bridgehead atoms. The van der Waals surface area contributed by atoms with Crippen molar-refractivity contribution in [1.29, 1.82) is 0 Å². The first kappa shape index (κ1) is 21.2. The number of halogens is 1. The number of carbonyl (C=O) groups excluding carboxylic acids is 2. The van der Waals surface area contributed by atoms with E-state index in [1.165, 1.54) is 5.56 Å². The van der Waals surface area contributed by atoms with Gasteiger partial charge in [0.1, 0.15) is 13.2 Å². The van der Waals surface area contributed by atoms with Crippen molar-refractivity contribution in [2.24, 2.45) is 0 Å². The molecule has 2 aromatic carbocycles. The summed E-state index contributed by atoms with van der Waals surface area (Å²) < 4.78 is 11.8. The van der Waals surface area contributed by atoms with E-state index in [4.69, 9.17) is 9.47 Å². The maximum atomic E-state index is 12.3. The summed E-state index contributed by atoms with van der Waals surface area (Å²) in [4.78, 5) is 24.5. The number of nitrogens with one attached hydrogen (secondary N) is 2. The van der Waals surface area contributed by atoms with Crippen LogP contribution >= 0.6 is 15.9 Å². The van der Waals surface area contributed by atoms with Crippen LogP contribution in [0.3, 0.4) is 0 Å². The van der Waals surface area contributed by atoms with Gasteiger partial charge in [-0.2, -0.15) is 0 Å². The van der Waals surface area contributed by atoms with Gasteiger partial charge in [-0.15, -0.1) is 0 Å². The van der Waals surface area contributed by atoms with Gasteiger partial charge in [-0.25, -0.2) is 0 Å². The number of hydrogen-bond donors (Lipinski definition) is 2. The zero-order valence-electron chi connectivity index (χ0n) is 16.8. The maximum Gasteiger partial charge on any atom is 0.251 e. The van der Waals surface area contributed by atoms with E-state index in [1.54, 1.807) is 12.1 Å². The van der Waals surface area contributed by atoms with Gasteiger partial charge in [0.15, 0.2) is 11.5 Å². The second kappa shape index (κ2) is 8.86. The minimum absolute atomic E-state index is 0.0369. The SMILES string of the molecule is CC(C)(C)c1ccc(C(=O)NCCC(=O)Nc2cc3c(cc2Br)OCCO3)cc1. The summed E-state index contributed by atoms with van der Waals surface area (Å²) in [5.41, 5.74) is 2.38. The van der Waals surface area contributed by atoms with Gasteiger partial charge in [-0.3, -0.25) is 9.59 Å². The Hall–Kier alpha value is -2.54. The second-order valence-electron chi connectivity index (χ2n) is 7.86. The topological polar surface area (TPSA) is 76.7 Å². The molecule has 1 heterocycles. The first-order chi connectivity index (χ1) is 13.7. The Morgan fingerprint density at radius 1 is 1.03 bits per heavy atom. The van der Waals surface area contributed by atoms with E-state index in [0.29, 0.717) is 40.4 Å². The van der Waals surface area contributed by atoms with Crippen LogP contribution in [0.25, 0.3) is 0 Å². The van der Waals surface area contributed by atoms with Crippen LogP contribution in [-0.4, -0.2) is 31.6 Å². The number of amides is 2. The van der Waals surface area contributed by atoms with E-state index in [2.05, 4.69) is 47.3 Å². The van der Waals surface area contributed by atoms with Crippen LogP contribution in [0.15, 0.2) is 40.9 Å². The Kier molecular flexibility index (Phi) is 6.47. The Morgan fingerprint density at radius 3 is 2.28 bits per heavy atom. The Balaban J connectivity index is 1.50. The standard InChI is InChI=1S/C22H25BrN2O4/c1-22(2,3)15-6-4-14(5-7-15)21(27)24-9-8-20(26)25-17-13-19-18(12-16(17)23)28-10-11-29-19/h4-7,12-13H,8-11H2,1-3H3,(H,24,27)(H,25,26). The van der Waals surface area contributed by atoms with Crippen molar-refractivity contribution in [1.82, 2.24) is 5.32 Å². The molecule has 1 aliphatic heterocycles. The summed E-state index contributed by atoms with van der Waals surface area (Å²) in [6.07, 6.45) is 0.159. The lowest BCUT2D eigenvalue weighted by molar-refractivity contribution is -0.116. The first-order valence-corrected chi connectivity index (χ1v) is 10.3. The lowest BCUT2D eigenvalue weighted by Crippen LogP contribution is -2.27. The highest BCUT2D eigenvalue weighted by atomic mass is 79.9. The molecule has 0 unspecified atom stereocenters. The maximum absolute atomic E-state index is 12.3. The van der Waals surface area contributed by atoms with Gasteiger partial charge in [0, 0.05) is 35.1 Å². The molecule has 154 valence electrons. The smallest absolute Gasteiger partial charge is 0.251 e. The Labute approximate surface area is 179 Å². The quantitative estimate of drug-likeness (QED) is 0.697. The van der Waals surface area contributed by atoms with E-state index in [1.807, 2.05) is 24.3 Å². The van der Waals surface area contributed by atoms with Crippen molar-refractivity contribution in [2.45, 2.75) is 32.6 Å². The minimum atomic E-state index is -0.203. The van der Waals surface area contributed by atoms with Crippen LogP contribution < -0.4 is 20.1 Å². The molecule has 0 atom stereocenters. The average molecular weight is 461 g/mol. The Bertz CT molecular complexity index is 904. The highest BCUT2D eigenvalue weighted by Gasteiger charge is 2.17. The summed E-state index contributed by atoms with van der Waals surface area (Å²) in [5, 5.41) is 5.61. The van der Waals surface area contributed by atoms with Gasteiger partial charge >= 0.3 is 0 Å². The van der Waals surface area contributed by atoms with Gasteiger partial charge in [0.05, 0.1) is 5.69 Å². The molecule has 0 saturated heterocycles. The van der Waals surface area contributed by atoms with Crippen molar-refractivity contribution in [3.8, 4) is 11.5 Å².